The van der Waals surface area contributed by atoms with E-state index in [2.05, 4.69) is 22.6 Å². The van der Waals surface area contributed by atoms with Crippen molar-refractivity contribution in [1.29, 1.82) is 0 Å². The molecule has 0 amide bonds. The van der Waals surface area contributed by atoms with Crippen LogP contribution in [0.15, 0.2) is 12.1 Å². The van der Waals surface area contributed by atoms with Crippen LogP contribution in [0.4, 0.5) is 0 Å². The maximum absolute atomic E-state index is 11.4. The maximum atomic E-state index is 11.4. The number of esters is 1. The van der Waals surface area contributed by atoms with E-state index in [1.54, 1.807) is 11.3 Å². The molecule has 72 valence electrons. The van der Waals surface area contributed by atoms with Crippen molar-refractivity contribution in [3.8, 4) is 0 Å². The number of carbonyl (C=O) groups excluding carboxylic acids is 1. The largest absolute Gasteiger partial charge is 0.468 e. The molecule has 0 saturated heterocycles. The molecule has 0 saturated carbocycles. The van der Waals surface area contributed by atoms with Crippen LogP contribution in [0.3, 0.4) is 0 Å². The van der Waals surface area contributed by atoms with E-state index >= 15 is 0 Å². The van der Waals surface area contributed by atoms with E-state index in [9.17, 15) is 4.79 Å². The Morgan fingerprint density at radius 2 is 2.15 bits per heavy atom. The molecule has 0 aromatic carbocycles. The van der Waals surface area contributed by atoms with Gasteiger partial charge < -0.3 is 4.74 Å². The highest BCUT2D eigenvalue weighted by Gasteiger charge is 2.32. The number of halogens is 1. The maximum Gasteiger partial charge on any atom is 0.316 e. The van der Waals surface area contributed by atoms with Crippen LogP contribution in [0.2, 0.25) is 0 Å². The summed E-state index contributed by atoms with van der Waals surface area (Å²) in [5, 5.41) is 0. The smallest absolute Gasteiger partial charge is 0.316 e. The van der Waals surface area contributed by atoms with E-state index < -0.39 is 5.41 Å². The average Bonchev–Trinajstić information content (AvgIpc) is 2.50. The topological polar surface area (TPSA) is 26.3 Å². The second-order valence-electron chi connectivity index (χ2n) is 3.22. The van der Waals surface area contributed by atoms with Crippen molar-refractivity contribution in [2.75, 3.05) is 7.11 Å². The van der Waals surface area contributed by atoms with E-state index in [0.29, 0.717) is 0 Å². The van der Waals surface area contributed by atoms with Crippen LogP contribution in [0.1, 0.15) is 18.7 Å². The third-order valence-corrected chi connectivity index (χ3v) is 4.10. The first kappa shape index (κ1) is 11.0. The fourth-order valence-corrected chi connectivity index (χ4v) is 2.72. The van der Waals surface area contributed by atoms with E-state index in [-0.39, 0.29) is 5.97 Å². The van der Waals surface area contributed by atoms with E-state index in [4.69, 9.17) is 4.74 Å². The molecule has 0 N–H and O–H groups in total. The number of carbonyl (C=O) groups is 1. The number of ether oxygens (including phenoxy) is 1. The van der Waals surface area contributed by atoms with Gasteiger partial charge in [-0.05, 0) is 48.6 Å². The average molecular weight is 310 g/mol. The second-order valence-corrected chi connectivity index (χ2v) is 6.20. The summed E-state index contributed by atoms with van der Waals surface area (Å²) in [5.41, 5.74) is -0.525. The normalized spacial score (nSPS) is 11.4. The zero-order valence-corrected chi connectivity index (χ0v) is 10.7. The third kappa shape index (κ3) is 2.22. The summed E-state index contributed by atoms with van der Waals surface area (Å²) in [6.45, 7) is 3.75. The minimum Gasteiger partial charge on any atom is -0.468 e. The van der Waals surface area contributed by atoms with Gasteiger partial charge in [0.15, 0.2) is 0 Å². The van der Waals surface area contributed by atoms with Gasteiger partial charge in [0.2, 0.25) is 0 Å². The first-order valence-electron chi connectivity index (χ1n) is 3.82. The van der Waals surface area contributed by atoms with Gasteiger partial charge in [-0.2, -0.15) is 0 Å². The van der Waals surface area contributed by atoms with Gasteiger partial charge in [0.1, 0.15) is 0 Å². The molecule has 0 bridgehead atoms. The summed E-state index contributed by atoms with van der Waals surface area (Å²) in [4.78, 5) is 12.5. The lowest BCUT2D eigenvalue weighted by atomic mass is 9.92. The van der Waals surface area contributed by atoms with Crippen molar-refractivity contribution in [2.45, 2.75) is 19.3 Å². The van der Waals surface area contributed by atoms with Crippen molar-refractivity contribution in [2.24, 2.45) is 0 Å². The Bertz CT molecular complexity index is 317. The standard InChI is InChI=1S/C9H11IO2S/c1-9(2,8(11)12-3)6-4-5-7(10)13-6/h4-5H,1-3H3. The lowest BCUT2D eigenvalue weighted by molar-refractivity contribution is -0.146. The molecule has 0 radical (unpaired) electrons. The first-order valence-corrected chi connectivity index (χ1v) is 5.72. The van der Waals surface area contributed by atoms with Gasteiger partial charge >= 0.3 is 5.97 Å². The minimum atomic E-state index is -0.525. The highest BCUT2D eigenvalue weighted by Crippen LogP contribution is 2.31. The summed E-state index contributed by atoms with van der Waals surface area (Å²) >= 11 is 3.87. The van der Waals surface area contributed by atoms with Crippen molar-refractivity contribution in [1.82, 2.24) is 0 Å². The second kappa shape index (κ2) is 3.96. The first-order chi connectivity index (χ1) is 5.98. The van der Waals surface area contributed by atoms with Gasteiger partial charge in [0.05, 0.1) is 15.4 Å². The molecule has 0 spiro atoms. The fraction of sp³-hybridized carbons (Fsp3) is 0.444. The Morgan fingerprint density at radius 1 is 1.54 bits per heavy atom. The molecule has 1 aromatic rings. The Morgan fingerprint density at radius 3 is 2.54 bits per heavy atom. The highest BCUT2D eigenvalue weighted by atomic mass is 127. The summed E-state index contributed by atoms with van der Waals surface area (Å²) in [5.74, 6) is -0.189. The molecule has 1 aromatic heterocycles. The molecule has 0 aliphatic heterocycles. The number of thiophene rings is 1. The van der Waals surface area contributed by atoms with E-state index in [1.165, 1.54) is 9.99 Å². The van der Waals surface area contributed by atoms with Gasteiger partial charge in [-0.3, -0.25) is 4.79 Å². The summed E-state index contributed by atoms with van der Waals surface area (Å²) in [6.07, 6.45) is 0. The predicted octanol–water partition coefficient (Wildman–Crippen LogP) is 2.80. The van der Waals surface area contributed by atoms with Crippen LogP contribution >= 0.6 is 33.9 Å². The molecule has 1 heterocycles. The zero-order valence-electron chi connectivity index (χ0n) is 7.76. The van der Waals surface area contributed by atoms with Crippen LogP contribution < -0.4 is 0 Å². The number of hydrogen-bond donors (Lipinski definition) is 0. The summed E-state index contributed by atoms with van der Waals surface area (Å²) in [6, 6.07) is 3.98. The molecular formula is C9H11IO2S. The van der Waals surface area contributed by atoms with Crippen LogP contribution in [-0.2, 0) is 14.9 Å². The van der Waals surface area contributed by atoms with Crippen LogP contribution in [0.5, 0.6) is 0 Å². The number of hydrogen-bond acceptors (Lipinski definition) is 3. The Labute approximate surface area is 95.4 Å². The molecule has 2 nitrogen and oxygen atoms in total. The number of rotatable bonds is 2. The summed E-state index contributed by atoms with van der Waals surface area (Å²) < 4.78 is 5.93. The molecular weight excluding hydrogens is 299 g/mol. The van der Waals surface area contributed by atoms with Gasteiger partial charge in [-0.1, -0.05) is 0 Å². The zero-order chi connectivity index (χ0) is 10.1. The molecule has 0 atom stereocenters. The van der Waals surface area contributed by atoms with Crippen molar-refractivity contribution < 1.29 is 9.53 Å². The monoisotopic (exact) mass is 310 g/mol. The van der Waals surface area contributed by atoms with Crippen LogP contribution in [0.25, 0.3) is 0 Å². The van der Waals surface area contributed by atoms with Crippen molar-refractivity contribution in [3.63, 3.8) is 0 Å². The van der Waals surface area contributed by atoms with Gasteiger partial charge in [-0.25, -0.2) is 0 Å². The van der Waals surface area contributed by atoms with Crippen molar-refractivity contribution in [3.05, 3.63) is 19.9 Å². The van der Waals surface area contributed by atoms with Crippen LogP contribution in [-0.4, -0.2) is 13.1 Å². The lowest BCUT2D eigenvalue weighted by Crippen LogP contribution is -2.29. The molecule has 1 rings (SSSR count). The Kier molecular flexibility index (Phi) is 3.34. The lowest BCUT2D eigenvalue weighted by Gasteiger charge is -2.19. The van der Waals surface area contributed by atoms with Crippen molar-refractivity contribution >= 4 is 39.9 Å². The molecule has 4 heteroatoms. The highest BCUT2D eigenvalue weighted by molar-refractivity contribution is 14.1. The van der Waals surface area contributed by atoms with Crippen LogP contribution in [0, 0.1) is 2.88 Å². The number of methoxy groups -OCH3 is 1. The predicted molar refractivity (Wildman–Crippen MR) is 62.1 cm³/mol. The van der Waals surface area contributed by atoms with Gasteiger partial charge in [0, 0.05) is 4.88 Å². The fourth-order valence-electron chi connectivity index (χ4n) is 1.01. The molecule has 0 aliphatic rings. The molecule has 0 unspecified atom stereocenters. The molecule has 0 fully saturated rings. The molecule has 0 aliphatic carbocycles. The minimum absolute atomic E-state index is 0.189. The quantitative estimate of drug-likeness (QED) is 0.620. The van der Waals surface area contributed by atoms with Gasteiger partial charge in [-0.15, -0.1) is 11.3 Å². The Hall–Kier alpha value is -0.100. The summed E-state index contributed by atoms with van der Waals surface area (Å²) in [7, 11) is 1.42. The van der Waals surface area contributed by atoms with E-state index in [0.717, 1.165) is 4.88 Å². The Balaban J connectivity index is 2.99. The van der Waals surface area contributed by atoms with Gasteiger partial charge in [0.25, 0.3) is 0 Å². The third-order valence-electron chi connectivity index (χ3n) is 1.88. The molecule has 13 heavy (non-hydrogen) atoms. The SMILES string of the molecule is COC(=O)C(C)(C)c1ccc(I)s1. The van der Waals surface area contributed by atoms with E-state index in [1.807, 2.05) is 26.0 Å².